The van der Waals surface area contributed by atoms with Gasteiger partial charge >= 0.3 is 0 Å². The SMILES string of the molecule is CC(=O)N[C@@H]1Cc2ccc(OCc3c(F)cccc3Cl)cc2N(S(=O)(=O)c2cccc(C(C)(F)F)c2)C1. The summed E-state index contributed by atoms with van der Waals surface area (Å²) in [5.74, 6) is -3.86. The van der Waals surface area contributed by atoms with Gasteiger partial charge in [-0.25, -0.2) is 21.6 Å². The Morgan fingerprint density at radius 1 is 1.16 bits per heavy atom. The van der Waals surface area contributed by atoms with Gasteiger partial charge in [-0.2, -0.15) is 0 Å². The van der Waals surface area contributed by atoms with Crippen molar-refractivity contribution in [2.45, 2.75) is 43.7 Å². The number of hydrogen-bond acceptors (Lipinski definition) is 4. The number of alkyl halides is 2. The normalized spacial score (nSPS) is 15.7. The predicted molar refractivity (Wildman–Crippen MR) is 134 cm³/mol. The highest BCUT2D eigenvalue weighted by Gasteiger charge is 2.35. The highest BCUT2D eigenvalue weighted by atomic mass is 35.5. The molecule has 37 heavy (non-hydrogen) atoms. The first-order valence-corrected chi connectivity index (χ1v) is 13.1. The van der Waals surface area contributed by atoms with Gasteiger partial charge in [0, 0.05) is 31.0 Å². The molecule has 1 aliphatic rings. The largest absolute Gasteiger partial charge is 0.489 e. The van der Waals surface area contributed by atoms with Crippen molar-refractivity contribution in [1.29, 1.82) is 0 Å². The molecular weight excluding hydrogens is 529 g/mol. The molecule has 0 radical (unpaired) electrons. The quantitative estimate of drug-likeness (QED) is 0.424. The molecule has 4 rings (SSSR count). The van der Waals surface area contributed by atoms with Gasteiger partial charge in [-0.1, -0.05) is 35.9 Å². The average Bonchev–Trinajstić information content (AvgIpc) is 2.82. The molecule has 0 spiro atoms. The van der Waals surface area contributed by atoms with Crippen molar-refractivity contribution in [2.75, 3.05) is 10.8 Å². The Kier molecular flexibility index (Phi) is 7.43. The minimum atomic E-state index is -4.31. The standard InChI is InChI=1S/C26H24ClF3N2O4S/c1-16(33)31-19-11-17-9-10-20(36-15-22-23(27)7-4-8-24(22)28)13-25(17)32(14-19)37(34,35)21-6-3-5-18(12-21)26(2,29)30/h3-10,12-13,19H,11,14-15H2,1-2H3,(H,31,33)/t19-/m1/s1. The number of fused-ring (bicyclic) bond motifs is 1. The lowest BCUT2D eigenvalue weighted by Gasteiger charge is -2.35. The number of halogens is 4. The van der Waals surface area contributed by atoms with E-state index in [0.717, 1.165) is 16.4 Å². The van der Waals surface area contributed by atoms with Gasteiger partial charge in [-0.3, -0.25) is 9.10 Å². The van der Waals surface area contributed by atoms with Crippen LogP contribution in [-0.2, 0) is 33.8 Å². The van der Waals surface area contributed by atoms with Crippen LogP contribution in [0.1, 0.15) is 30.5 Å². The number of hydrogen-bond donors (Lipinski definition) is 1. The number of nitrogens with zero attached hydrogens (tertiary/aromatic N) is 1. The zero-order valence-electron chi connectivity index (χ0n) is 20.0. The van der Waals surface area contributed by atoms with E-state index in [9.17, 15) is 26.4 Å². The van der Waals surface area contributed by atoms with Crippen LogP contribution >= 0.6 is 11.6 Å². The second-order valence-corrected chi connectivity index (χ2v) is 11.1. The third kappa shape index (κ3) is 5.86. The lowest BCUT2D eigenvalue weighted by molar-refractivity contribution is -0.119. The van der Waals surface area contributed by atoms with Crippen molar-refractivity contribution in [2.24, 2.45) is 0 Å². The molecule has 1 atom stereocenters. The Labute approximate surface area is 218 Å². The van der Waals surface area contributed by atoms with Crippen LogP contribution in [0.3, 0.4) is 0 Å². The van der Waals surface area contributed by atoms with Crippen molar-refractivity contribution in [3.8, 4) is 5.75 Å². The van der Waals surface area contributed by atoms with Crippen LogP contribution in [0, 0.1) is 5.82 Å². The van der Waals surface area contributed by atoms with E-state index >= 15 is 0 Å². The molecule has 3 aromatic carbocycles. The summed E-state index contributed by atoms with van der Waals surface area (Å²) in [6.07, 6.45) is 0.341. The topological polar surface area (TPSA) is 75.7 Å². The Morgan fingerprint density at radius 3 is 2.57 bits per heavy atom. The summed E-state index contributed by atoms with van der Waals surface area (Å²) < 4.78 is 76.2. The Morgan fingerprint density at radius 2 is 1.89 bits per heavy atom. The van der Waals surface area contributed by atoms with Crippen LogP contribution in [-0.4, -0.2) is 26.9 Å². The van der Waals surface area contributed by atoms with Crippen molar-refractivity contribution in [1.82, 2.24) is 5.32 Å². The van der Waals surface area contributed by atoms with E-state index in [4.69, 9.17) is 16.3 Å². The van der Waals surface area contributed by atoms with Crippen molar-refractivity contribution in [3.63, 3.8) is 0 Å². The molecule has 0 bridgehead atoms. The molecule has 1 N–H and O–H groups in total. The molecule has 1 heterocycles. The summed E-state index contributed by atoms with van der Waals surface area (Å²) >= 11 is 6.07. The number of carbonyl (C=O) groups is 1. The molecule has 1 aliphatic heterocycles. The minimum Gasteiger partial charge on any atom is -0.489 e. The fourth-order valence-corrected chi connectivity index (χ4v) is 5.96. The summed E-state index contributed by atoms with van der Waals surface area (Å²) in [5, 5.41) is 2.92. The van der Waals surface area contributed by atoms with E-state index in [1.165, 1.54) is 43.3 Å². The van der Waals surface area contributed by atoms with Crippen LogP contribution in [0.2, 0.25) is 5.02 Å². The van der Waals surface area contributed by atoms with Crippen LogP contribution in [0.4, 0.5) is 18.9 Å². The molecule has 0 saturated heterocycles. The summed E-state index contributed by atoms with van der Waals surface area (Å²) in [4.78, 5) is 11.4. The highest BCUT2D eigenvalue weighted by Crippen LogP contribution is 2.37. The predicted octanol–water partition coefficient (Wildman–Crippen LogP) is 5.43. The molecule has 0 aliphatic carbocycles. The van der Waals surface area contributed by atoms with Gasteiger partial charge in [0.25, 0.3) is 15.9 Å². The van der Waals surface area contributed by atoms with Gasteiger partial charge < -0.3 is 10.1 Å². The molecule has 0 fully saturated rings. The summed E-state index contributed by atoms with van der Waals surface area (Å²) in [6, 6.07) is 13.1. The van der Waals surface area contributed by atoms with Crippen molar-refractivity contribution >= 4 is 33.2 Å². The average molecular weight is 553 g/mol. The first-order valence-electron chi connectivity index (χ1n) is 11.3. The second-order valence-electron chi connectivity index (χ2n) is 8.83. The first-order chi connectivity index (χ1) is 17.4. The molecule has 0 aromatic heterocycles. The lowest BCUT2D eigenvalue weighted by atomic mass is 9.99. The number of anilines is 1. The van der Waals surface area contributed by atoms with E-state index in [-0.39, 0.29) is 46.0 Å². The molecule has 3 aromatic rings. The summed E-state index contributed by atoms with van der Waals surface area (Å²) in [7, 11) is -4.31. The number of nitrogens with one attached hydrogen (secondary N) is 1. The summed E-state index contributed by atoms with van der Waals surface area (Å²) in [6.45, 7) is 1.70. The van der Waals surface area contributed by atoms with Crippen molar-refractivity contribution in [3.05, 3.63) is 88.2 Å². The fraction of sp³-hybridized carbons (Fsp3) is 0.269. The zero-order chi connectivity index (χ0) is 27.0. The number of sulfonamides is 1. The van der Waals surface area contributed by atoms with Crippen LogP contribution in [0.15, 0.2) is 65.6 Å². The Balaban J connectivity index is 1.72. The number of ether oxygens (including phenoxy) is 1. The first kappa shape index (κ1) is 26.8. The van der Waals surface area contributed by atoms with Crippen LogP contribution in [0.5, 0.6) is 5.75 Å². The molecule has 0 unspecified atom stereocenters. The highest BCUT2D eigenvalue weighted by molar-refractivity contribution is 7.92. The maximum atomic E-state index is 14.2. The minimum absolute atomic E-state index is 0.121. The maximum absolute atomic E-state index is 14.2. The molecular formula is C26H24ClF3N2O4S. The van der Waals surface area contributed by atoms with Gasteiger partial charge in [0.05, 0.1) is 28.2 Å². The number of rotatable bonds is 7. The van der Waals surface area contributed by atoms with E-state index in [0.29, 0.717) is 18.9 Å². The van der Waals surface area contributed by atoms with Gasteiger partial charge in [0.15, 0.2) is 0 Å². The van der Waals surface area contributed by atoms with Crippen LogP contribution < -0.4 is 14.4 Å². The van der Waals surface area contributed by atoms with Gasteiger partial charge in [0.2, 0.25) is 5.91 Å². The Bertz CT molecular complexity index is 1420. The third-order valence-electron chi connectivity index (χ3n) is 5.96. The van der Waals surface area contributed by atoms with Crippen molar-refractivity contribution < 1.29 is 31.1 Å². The number of carbonyl (C=O) groups excluding carboxylic acids is 1. The lowest BCUT2D eigenvalue weighted by Crippen LogP contribution is -2.49. The molecule has 0 saturated carbocycles. The van der Waals surface area contributed by atoms with E-state index in [2.05, 4.69) is 5.32 Å². The molecule has 1 amide bonds. The fourth-order valence-electron chi connectivity index (χ4n) is 4.16. The number of benzene rings is 3. The Hall–Kier alpha value is -3.24. The molecule has 11 heteroatoms. The molecule has 196 valence electrons. The van der Waals surface area contributed by atoms with Gasteiger partial charge in [0.1, 0.15) is 18.2 Å². The number of amides is 1. The zero-order valence-corrected chi connectivity index (χ0v) is 21.5. The van der Waals surface area contributed by atoms with E-state index in [1.807, 2.05) is 0 Å². The maximum Gasteiger partial charge on any atom is 0.270 e. The van der Waals surface area contributed by atoms with Gasteiger partial charge in [-0.05, 0) is 42.3 Å². The smallest absolute Gasteiger partial charge is 0.270 e. The van der Waals surface area contributed by atoms with Crippen LogP contribution in [0.25, 0.3) is 0 Å². The summed E-state index contributed by atoms with van der Waals surface area (Å²) in [5.41, 5.74) is 0.576. The van der Waals surface area contributed by atoms with E-state index < -0.39 is 33.4 Å². The molecule has 6 nitrogen and oxygen atoms in total. The van der Waals surface area contributed by atoms with E-state index in [1.54, 1.807) is 12.1 Å². The second kappa shape index (κ2) is 10.3. The van der Waals surface area contributed by atoms with Gasteiger partial charge in [-0.15, -0.1) is 0 Å². The third-order valence-corrected chi connectivity index (χ3v) is 8.09. The monoisotopic (exact) mass is 552 g/mol.